The molecular weight excluding hydrogens is 158 g/mol. The number of nitrogens with one attached hydrogen (secondary N) is 1. The summed E-state index contributed by atoms with van der Waals surface area (Å²) in [6, 6.07) is 0.678. The second-order valence-corrected chi connectivity index (χ2v) is 4.66. The first kappa shape index (κ1) is 13.0. The molecule has 0 spiro atoms. The van der Waals surface area contributed by atoms with Crippen LogP contribution < -0.4 is 5.32 Å². The van der Waals surface area contributed by atoms with Crippen LogP contribution in [0.25, 0.3) is 0 Å². The van der Waals surface area contributed by atoms with E-state index in [4.69, 9.17) is 0 Å². The average molecular weight is 185 g/mol. The molecule has 0 amide bonds. The SMILES string of the molecule is CCC(C)C(C)NCCCC(C)C. The molecule has 0 radical (unpaired) electrons. The molecule has 0 heterocycles. The van der Waals surface area contributed by atoms with Crippen LogP contribution in [0.4, 0.5) is 0 Å². The van der Waals surface area contributed by atoms with Crippen molar-refractivity contribution in [2.45, 2.75) is 59.9 Å². The van der Waals surface area contributed by atoms with E-state index in [0.29, 0.717) is 6.04 Å². The molecule has 0 aliphatic rings. The van der Waals surface area contributed by atoms with E-state index in [1.165, 1.54) is 25.8 Å². The van der Waals surface area contributed by atoms with Crippen molar-refractivity contribution in [3.8, 4) is 0 Å². The van der Waals surface area contributed by atoms with Crippen molar-refractivity contribution in [1.29, 1.82) is 0 Å². The lowest BCUT2D eigenvalue weighted by atomic mass is 10.0. The van der Waals surface area contributed by atoms with E-state index < -0.39 is 0 Å². The summed E-state index contributed by atoms with van der Waals surface area (Å²) in [4.78, 5) is 0. The van der Waals surface area contributed by atoms with Gasteiger partial charge in [-0.15, -0.1) is 0 Å². The molecule has 0 aliphatic carbocycles. The zero-order valence-corrected chi connectivity index (χ0v) is 10.1. The van der Waals surface area contributed by atoms with Gasteiger partial charge in [-0.25, -0.2) is 0 Å². The predicted octanol–water partition coefficient (Wildman–Crippen LogP) is 3.45. The molecule has 80 valence electrons. The first-order valence-corrected chi connectivity index (χ1v) is 5.81. The van der Waals surface area contributed by atoms with Crippen molar-refractivity contribution in [3.63, 3.8) is 0 Å². The maximum atomic E-state index is 3.59. The highest BCUT2D eigenvalue weighted by Crippen LogP contribution is 2.07. The lowest BCUT2D eigenvalue weighted by molar-refractivity contribution is 0.382. The Labute approximate surface area is 84.3 Å². The van der Waals surface area contributed by atoms with Gasteiger partial charge >= 0.3 is 0 Å². The molecule has 1 N–H and O–H groups in total. The van der Waals surface area contributed by atoms with Gasteiger partial charge in [0.15, 0.2) is 0 Å². The van der Waals surface area contributed by atoms with Gasteiger partial charge in [0.2, 0.25) is 0 Å². The molecule has 0 aromatic carbocycles. The van der Waals surface area contributed by atoms with Gasteiger partial charge in [-0.1, -0.05) is 34.1 Å². The van der Waals surface area contributed by atoms with Crippen LogP contribution in [-0.4, -0.2) is 12.6 Å². The Hall–Kier alpha value is -0.0400. The molecule has 1 nitrogen and oxygen atoms in total. The molecule has 0 aromatic rings. The second kappa shape index (κ2) is 7.37. The monoisotopic (exact) mass is 185 g/mol. The Morgan fingerprint density at radius 1 is 1.08 bits per heavy atom. The minimum absolute atomic E-state index is 0.678. The van der Waals surface area contributed by atoms with Gasteiger partial charge in [0.25, 0.3) is 0 Å². The van der Waals surface area contributed by atoms with Crippen molar-refractivity contribution < 1.29 is 0 Å². The third kappa shape index (κ3) is 7.06. The lowest BCUT2D eigenvalue weighted by Gasteiger charge is -2.20. The molecular formula is C12H27N. The predicted molar refractivity (Wildman–Crippen MR) is 61.0 cm³/mol. The van der Waals surface area contributed by atoms with Gasteiger partial charge < -0.3 is 5.32 Å². The van der Waals surface area contributed by atoms with Crippen molar-refractivity contribution in [3.05, 3.63) is 0 Å². The molecule has 1 heteroatoms. The topological polar surface area (TPSA) is 12.0 Å². The third-order valence-electron chi connectivity index (χ3n) is 2.92. The molecule has 2 unspecified atom stereocenters. The Morgan fingerprint density at radius 3 is 2.15 bits per heavy atom. The van der Waals surface area contributed by atoms with Crippen LogP contribution in [0.5, 0.6) is 0 Å². The van der Waals surface area contributed by atoms with E-state index in [1.54, 1.807) is 0 Å². The highest BCUT2D eigenvalue weighted by Gasteiger charge is 2.08. The zero-order valence-electron chi connectivity index (χ0n) is 10.1. The van der Waals surface area contributed by atoms with Crippen molar-refractivity contribution in [1.82, 2.24) is 5.32 Å². The van der Waals surface area contributed by atoms with Crippen LogP contribution in [0.1, 0.15) is 53.9 Å². The second-order valence-electron chi connectivity index (χ2n) is 4.66. The van der Waals surface area contributed by atoms with Crippen molar-refractivity contribution in [2.75, 3.05) is 6.54 Å². The van der Waals surface area contributed by atoms with Crippen LogP contribution in [0, 0.1) is 11.8 Å². The minimum atomic E-state index is 0.678. The fourth-order valence-electron chi connectivity index (χ4n) is 1.39. The largest absolute Gasteiger partial charge is 0.314 e. The fraction of sp³-hybridized carbons (Fsp3) is 1.00. The van der Waals surface area contributed by atoms with Gasteiger partial charge in [0.1, 0.15) is 0 Å². The number of hydrogen-bond donors (Lipinski definition) is 1. The van der Waals surface area contributed by atoms with Crippen LogP contribution in [0.15, 0.2) is 0 Å². The van der Waals surface area contributed by atoms with Gasteiger partial charge in [-0.3, -0.25) is 0 Å². The summed E-state index contributed by atoms with van der Waals surface area (Å²) < 4.78 is 0. The molecule has 0 saturated heterocycles. The number of rotatable bonds is 7. The number of hydrogen-bond acceptors (Lipinski definition) is 1. The van der Waals surface area contributed by atoms with E-state index >= 15 is 0 Å². The van der Waals surface area contributed by atoms with Gasteiger partial charge in [0, 0.05) is 6.04 Å². The standard InChI is InChI=1S/C12H27N/c1-6-11(4)12(5)13-9-7-8-10(2)3/h10-13H,6-9H2,1-5H3. The lowest BCUT2D eigenvalue weighted by Crippen LogP contribution is -2.32. The van der Waals surface area contributed by atoms with E-state index in [-0.39, 0.29) is 0 Å². The molecule has 0 aromatic heterocycles. The van der Waals surface area contributed by atoms with E-state index in [1.807, 2.05) is 0 Å². The molecule has 0 saturated carbocycles. The summed E-state index contributed by atoms with van der Waals surface area (Å²) in [6.07, 6.45) is 3.94. The Bertz CT molecular complexity index is 110. The first-order chi connectivity index (χ1) is 6.07. The highest BCUT2D eigenvalue weighted by atomic mass is 14.9. The maximum absolute atomic E-state index is 3.59. The normalized spacial score (nSPS) is 16.2. The smallest absolute Gasteiger partial charge is 0.00642 e. The Balaban J connectivity index is 3.31. The van der Waals surface area contributed by atoms with Gasteiger partial charge in [0.05, 0.1) is 0 Å². The summed E-state index contributed by atoms with van der Waals surface area (Å²) in [5.41, 5.74) is 0. The summed E-state index contributed by atoms with van der Waals surface area (Å²) in [5, 5.41) is 3.59. The Morgan fingerprint density at radius 2 is 1.69 bits per heavy atom. The highest BCUT2D eigenvalue weighted by molar-refractivity contribution is 4.66. The molecule has 0 bridgehead atoms. The molecule has 0 fully saturated rings. The van der Waals surface area contributed by atoms with E-state index in [9.17, 15) is 0 Å². The van der Waals surface area contributed by atoms with Crippen LogP contribution in [-0.2, 0) is 0 Å². The summed E-state index contributed by atoms with van der Waals surface area (Å²) in [6.45, 7) is 12.6. The summed E-state index contributed by atoms with van der Waals surface area (Å²) >= 11 is 0. The van der Waals surface area contributed by atoms with Crippen molar-refractivity contribution in [2.24, 2.45) is 11.8 Å². The maximum Gasteiger partial charge on any atom is 0.00642 e. The minimum Gasteiger partial charge on any atom is -0.314 e. The third-order valence-corrected chi connectivity index (χ3v) is 2.92. The zero-order chi connectivity index (χ0) is 10.3. The summed E-state index contributed by atoms with van der Waals surface area (Å²) in [5.74, 6) is 1.65. The quantitative estimate of drug-likeness (QED) is 0.599. The Kier molecular flexibility index (Phi) is 7.35. The van der Waals surface area contributed by atoms with Crippen molar-refractivity contribution >= 4 is 0 Å². The van der Waals surface area contributed by atoms with Gasteiger partial charge in [-0.2, -0.15) is 0 Å². The summed E-state index contributed by atoms with van der Waals surface area (Å²) in [7, 11) is 0. The molecule has 13 heavy (non-hydrogen) atoms. The van der Waals surface area contributed by atoms with E-state index in [2.05, 4.69) is 39.9 Å². The van der Waals surface area contributed by atoms with Crippen LogP contribution in [0.2, 0.25) is 0 Å². The van der Waals surface area contributed by atoms with Crippen LogP contribution in [0.3, 0.4) is 0 Å². The first-order valence-electron chi connectivity index (χ1n) is 5.81. The van der Waals surface area contributed by atoms with Crippen LogP contribution >= 0.6 is 0 Å². The molecule has 0 rings (SSSR count). The average Bonchev–Trinajstić information content (AvgIpc) is 2.10. The van der Waals surface area contributed by atoms with E-state index in [0.717, 1.165) is 11.8 Å². The molecule has 0 aliphatic heterocycles. The fourth-order valence-corrected chi connectivity index (χ4v) is 1.39. The van der Waals surface area contributed by atoms with Gasteiger partial charge in [-0.05, 0) is 38.1 Å². The molecule has 2 atom stereocenters.